The highest BCUT2D eigenvalue weighted by molar-refractivity contribution is 7.78. The Morgan fingerprint density at radius 3 is 2.62 bits per heavy atom. The van der Waals surface area contributed by atoms with Crippen LogP contribution in [0.1, 0.15) is 6.92 Å². The fourth-order valence-corrected chi connectivity index (χ4v) is 0.223. The molecule has 0 amide bonds. The first-order valence-corrected chi connectivity index (χ1v) is 2.44. The summed E-state index contributed by atoms with van der Waals surface area (Å²) in [5, 5.41) is 2.34. The van der Waals surface area contributed by atoms with Crippen LogP contribution in [0.25, 0.3) is 0 Å². The van der Waals surface area contributed by atoms with Crippen LogP contribution in [0.5, 0.6) is 0 Å². The van der Waals surface area contributed by atoms with Crippen molar-refractivity contribution >= 4 is 17.2 Å². The smallest absolute Gasteiger partial charge is 0.0428 e. The minimum Gasteiger partial charge on any atom is -0.0925 e. The maximum atomic E-state index is 4.35. The zero-order chi connectivity index (χ0) is 6.24. The zero-order valence-corrected chi connectivity index (χ0v) is 5.30. The molecular weight excluding hydrogens is 116 g/mol. The molecule has 0 aromatic heterocycles. The molecule has 0 rings (SSSR count). The fraction of sp³-hybridized carbons (Fsp3) is 0.143. The summed E-state index contributed by atoms with van der Waals surface area (Å²) in [6, 6.07) is 0. The minimum absolute atomic E-state index is 1.46. The average Bonchev–Trinajstić information content (AvgIpc) is 1.81. The summed E-state index contributed by atoms with van der Waals surface area (Å²) in [5.41, 5.74) is 0. The van der Waals surface area contributed by atoms with Crippen molar-refractivity contribution in [3.8, 4) is 23.7 Å². The van der Waals surface area contributed by atoms with Crippen LogP contribution >= 0.6 is 12.2 Å². The summed E-state index contributed by atoms with van der Waals surface area (Å²) in [6.45, 7) is 1.73. The first kappa shape index (κ1) is 6.99. The molecule has 0 aliphatic carbocycles. The molecule has 0 aliphatic heterocycles. The van der Waals surface area contributed by atoms with E-state index < -0.39 is 0 Å². The molecular formula is C7H4S. The van der Waals surface area contributed by atoms with Crippen molar-refractivity contribution in [3.05, 3.63) is 6.08 Å². The molecule has 8 heavy (non-hydrogen) atoms. The van der Waals surface area contributed by atoms with Gasteiger partial charge in [-0.05, 0) is 36.0 Å². The molecule has 0 unspecified atom stereocenters. The van der Waals surface area contributed by atoms with E-state index in [1.807, 2.05) is 0 Å². The highest BCUT2D eigenvalue weighted by atomic mass is 32.1. The van der Waals surface area contributed by atoms with Gasteiger partial charge in [-0.3, -0.25) is 0 Å². The molecule has 0 aromatic rings. The van der Waals surface area contributed by atoms with Gasteiger partial charge in [0.1, 0.15) is 0 Å². The van der Waals surface area contributed by atoms with Crippen LogP contribution in [0, 0.1) is 23.7 Å². The van der Waals surface area contributed by atoms with Gasteiger partial charge in [0.05, 0.1) is 0 Å². The van der Waals surface area contributed by atoms with E-state index in [4.69, 9.17) is 0 Å². The number of allylic oxidation sites excluding steroid dienone is 1. The third kappa shape index (κ3) is 4.99. The van der Waals surface area contributed by atoms with Crippen LogP contribution < -0.4 is 0 Å². The minimum atomic E-state index is 1.46. The Morgan fingerprint density at radius 1 is 1.38 bits per heavy atom. The topological polar surface area (TPSA) is 0 Å². The lowest BCUT2D eigenvalue weighted by atomic mass is 10.5. The van der Waals surface area contributed by atoms with Gasteiger partial charge < -0.3 is 0 Å². The van der Waals surface area contributed by atoms with Gasteiger partial charge in [-0.15, -0.1) is 0 Å². The fourth-order valence-electron chi connectivity index (χ4n) is 0.164. The molecule has 1 heteroatoms. The van der Waals surface area contributed by atoms with Crippen LogP contribution in [0.4, 0.5) is 0 Å². The molecule has 0 radical (unpaired) electrons. The van der Waals surface area contributed by atoms with E-state index in [-0.39, 0.29) is 0 Å². The quantitative estimate of drug-likeness (QED) is 0.341. The molecule has 0 atom stereocenters. The Hall–Kier alpha value is -1.01. The number of rotatable bonds is 0. The largest absolute Gasteiger partial charge is 0.0925 e. The first-order valence-electron chi connectivity index (χ1n) is 2.03. The van der Waals surface area contributed by atoms with Crippen LogP contribution in [0.3, 0.4) is 0 Å². The lowest BCUT2D eigenvalue weighted by Crippen LogP contribution is -1.48. The molecule has 0 heterocycles. The van der Waals surface area contributed by atoms with Crippen molar-refractivity contribution in [2.45, 2.75) is 6.92 Å². The third-order valence-corrected chi connectivity index (χ3v) is 0.509. The highest BCUT2D eigenvalue weighted by Crippen LogP contribution is 1.54. The molecule has 0 fully saturated rings. The maximum absolute atomic E-state index is 4.35. The van der Waals surface area contributed by atoms with Crippen molar-refractivity contribution in [1.82, 2.24) is 0 Å². The van der Waals surface area contributed by atoms with Crippen molar-refractivity contribution in [2.75, 3.05) is 0 Å². The van der Waals surface area contributed by atoms with Crippen LogP contribution in [0.15, 0.2) is 6.08 Å². The summed E-state index contributed by atoms with van der Waals surface area (Å²) in [4.78, 5) is 0. The second kappa shape index (κ2) is 5.99. The van der Waals surface area contributed by atoms with E-state index in [0.29, 0.717) is 0 Å². The van der Waals surface area contributed by atoms with Gasteiger partial charge in [-0.1, -0.05) is 11.8 Å². The number of hydrogen-bond donors (Lipinski definition) is 0. The molecule has 0 nitrogen and oxygen atoms in total. The molecule has 0 saturated carbocycles. The Morgan fingerprint density at radius 2 is 2.12 bits per heavy atom. The Balaban J connectivity index is 3.80. The van der Waals surface area contributed by atoms with Crippen molar-refractivity contribution < 1.29 is 0 Å². The average molecular weight is 120 g/mol. The van der Waals surface area contributed by atoms with Crippen LogP contribution in [-0.4, -0.2) is 5.02 Å². The van der Waals surface area contributed by atoms with Gasteiger partial charge in [0.25, 0.3) is 0 Å². The van der Waals surface area contributed by atoms with Crippen LogP contribution in [-0.2, 0) is 0 Å². The van der Waals surface area contributed by atoms with E-state index in [1.54, 1.807) is 6.92 Å². The lowest BCUT2D eigenvalue weighted by molar-refractivity contribution is 1.92. The third-order valence-electron chi connectivity index (χ3n) is 0.391. The Bertz CT molecular complexity index is 210. The van der Waals surface area contributed by atoms with E-state index >= 15 is 0 Å². The highest BCUT2D eigenvalue weighted by Gasteiger charge is 1.49. The predicted molar refractivity (Wildman–Crippen MR) is 38.4 cm³/mol. The molecule has 0 aliphatic rings. The number of hydrogen-bond acceptors (Lipinski definition) is 1. The lowest BCUT2D eigenvalue weighted by Gasteiger charge is -1.52. The monoisotopic (exact) mass is 120 g/mol. The molecule has 0 bridgehead atoms. The van der Waals surface area contributed by atoms with Gasteiger partial charge in [-0.2, -0.15) is 0 Å². The molecule has 0 aromatic carbocycles. The summed E-state index contributed by atoms with van der Waals surface area (Å²) in [6.07, 6.45) is 1.46. The van der Waals surface area contributed by atoms with Crippen molar-refractivity contribution in [1.29, 1.82) is 0 Å². The zero-order valence-electron chi connectivity index (χ0n) is 4.49. The van der Waals surface area contributed by atoms with E-state index in [2.05, 4.69) is 40.9 Å². The van der Waals surface area contributed by atoms with Crippen molar-refractivity contribution in [2.24, 2.45) is 0 Å². The first-order chi connectivity index (χ1) is 3.91. The maximum Gasteiger partial charge on any atom is 0.0428 e. The standard InChI is InChI=1S/C7H4S/c1-2-3-4-5-6-7-8/h6H,1H3. The normalized spacial score (nSPS) is 4.12. The van der Waals surface area contributed by atoms with Gasteiger partial charge >= 0.3 is 0 Å². The van der Waals surface area contributed by atoms with Crippen molar-refractivity contribution in [3.63, 3.8) is 0 Å². The van der Waals surface area contributed by atoms with Gasteiger partial charge in [-0.25, -0.2) is 0 Å². The molecule has 0 N–H and O–H groups in total. The summed E-state index contributed by atoms with van der Waals surface area (Å²) >= 11 is 4.35. The number of thiocarbonyl (C=S) groups is 1. The van der Waals surface area contributed by atoms with E-state index in [1.165, 1.54) is 6.08 Å². The van der Waals surface area contributed by atoms with E-state index in [0.717, 1.165) is 0 Å². The van der Waals surface area contributed by atoms with Gasteiger partial charge in [0.2, 0.25) is 0 Å². The van der Waals surface area contributed by atoms with Gasteiger partial charge in [0.15, 0.2) is 0 Å². The molecule has 0 spiro atoms. The Labute approximate surface area is 54.6 Å². The second-order valence-electron chi connectivity index (χ2n) is 0.907. The molecule has 38 valence electrons. The summed E-state index contributed by atoms with van der Waals surface area (Å²) in [5.74, 6) is 10.3. The SMILES string of the molecule is CC#CC#CC=C=S. The predicted octanol–water partition coefficient (Wildman–Crippen LogP) is 1.17. The van der Waals surface area contributed by atoms with Gasteiger partial charge in [0, 0.05) is 6.08 Å². The molecule has 0 saturated heterocycles. The summed E-state index contributed by atoms with van der Waals surface area (Å²) < 4.78 is 0. The van der Waals surface area contributed by atoms with E-state index in [9.17, 15) is 0 Å². The van der Waals surface area contributed by atoms with Crippen LogP contribution in [0.2, 0.25) is 0 Å². The Kier molecular flexibility index (Phi) is 5.23. The second-order valence-corrected chi connectivity index (χ2v) is 1.14. The summed E-state index contributed by atoms with van der Waals surface area (Å²) in [7, 11) is 0.